The molecule has 1 aliphatic carbocycles. The van der Waals surface area contributed by atoms with Crippen molar-refractivity contribution < 1.29 is 9.59 Å². The highest BCUT2D eigenvalue weighted by Gasteiger charge is 2.45. The van der Waals surface area contributed by atoms with Crippen LogP contribution in [0.5, 0.6) is 0 Å². The van der Waals surface area contributed by atoms with E-state index in [1.54, 1.807) is 29.9 Å². The molecule has 1 heterocycles. The van der Waals surface area contributed by atoms with E-state index in [1.807, 2.05) is 30.3 Å². The summed E-state index contributed by atoms with van der Waals surface area (Å²) in [6.07, 6.45) is 4.42. The molecule has 2 aromatic rings. The zero-order valence-electron chi connectivity index (χ0n) is 12.5. The van der Waals surface area contributed by atoms with Crippen LogP contribution in [0.2, 0.25) is 0 Å². The van der Waals surface area contributed by atoms with Crippen molar-refractivity contribution in [3.05, 3.63) is 59.9 Å². The van der Waals surface area contributed by atoms with Gasteiger partial charge in [-0.15, -0.1) is 0 Å². The third-order valence-electron chi connectivity index (χ3n) is 4.43. The van der Waals surface area contributed by atoms with Crippen LogP contribution < -0.4 is 10.9 Å². The van der Waals surface area contributed by atoms with Gasteiger partial charge in [0.2, 0.25) is 5.91 Å². The lowest BCUT2D eigenvalue weighted by molar-refractivity contribution is -0.130. The van der Waals surface area contributed by atoms with E-state index in [0.29, 0.717) is 5.69 Å². The Hall–Kier alpha value is -2.56. The standard InChI is InChI=1S/C17H19N3O2/c1-20-12-5-9-14(20)15(21)18-19-16(22)17(10-6-11-17)13-7-3-2-4-8-13/h2-5,7-9,12H,6,10-11H2,1H3,(H,18,21)(H,19,22). The van der Waals surface area contributed by atoms with Crippen LogP contribution in [0, 0.1) is 0 Å². The Morgan fingerprint density at radius 1 is 1.05 bits per heavy atom. The predicted octanol–water partition coefficient (Wildman–Crippen LogP) is 1.91. The number of nitrogens with one attached hydrogen (secondary N) is 2. The van der Waals surface area contributed by atoms with Gasteiger partial charge in [0.25, 0.3) is 5.91 Å². The number of hydrogen-bond donors (Lipinski definition) is 2. The summed E-state index contributed by atoms with van der Waals surface area (Å²) in [5.74, 6) is -0.462. The topological polar surface area (TPSA) is 63.1 Å². The Morgan fingerprint density at radius 3 is 2.32 bits per heavy atom. The van der Waals surface area contributed by atoms with Crippen molar-refractivity contribution in [2.45, 2.75) is 24.7 Å². The van der Waals surface area contributed by atoms with Gasteiger partial charge in [-0.2, -0.15) is 0 Å². The third-order valence-corrected chi connectivity index (χ3v) is 4.43. The minimum atomic E-state index is -0.511. The summed E-state index contributed by atoms with van der Waals surface area (Å²) in [4.78, 5) is 24.6. The normalized spacial score (nSPS) is 15.7. The Balaban J connectivity index is 1.69. The van der Waals surface area contributed by atoms with Gasteiger partial charge >= 0.3 is 0 Å². The fourth-order valence-corrected chi connectivity index (χ4v) is 2.93. The van der Waals surface area contributed by atoms with Crippen LogP contribution in [0.15, 0.2) is 48.7 Å². The zero-order valence-corrected chi connectivity index (χ0v) is 12.5. The number of hydrazine groups is 1. The van der Waals surface area contributed by atoms with Crippen LogP contribution in [0.1, 0.15) is 35.3 Å². The molecule has 0 unspecified atom stereocenters. The molecule has 1 aromatic carbocycles. The average Bonchev–Trinajstić information content (AvgIpc) is 2.91. The van der Waals surface area contributed by atoms with Crippen molar-refractivity contribution in [1.82, 2.24) is 15.4 Å². The van der Waals surface area contributed by atoms with E-state index < -0.39 is 5.41 Å². The van der Waals surface area contributed by atoms with E-state index in [1.165, 1.54) is 0 Å². The minimum Gasteiger partial charge on any atom is -0.347 e. The van der Waals surface area contributed by atoms with Crippen LogP contribution in [0.4, 0.5) is 0 Å². The van der Waals surface area contributed by atoms with Gasteiger partial charge in [-0.3, -0.25) is 20.4 Å². The summed E-state index contributed by atoms with van der Waals surface area (Å²) in [5, 5.41) is 0. The summed E-state index contributed by atoms with van der Waals surface area (Å²) in [5.41, 5.74) is 6.10. The number of amides is 2. The Labute approximate surface area is 129 Å². The first kappa shape index (κ1) is 14.4. The lowest BCUT2D eigenvalue weighted by Crippen LogP contribution is -2.54. The van der Waals surface area contributed by atoms with Gasteiger partial charge < -0.3 is 4.57 Å². The fourth-order valence-electron chi connectivity index (χ4n) is 2.93. The molecular weight excluding hydrogens is 278 g/mol. The fraction of sp³-hybridized carbons (Fsp3) is 0.294. The second-order valence-electron chi connectivity index (χ2n) is 5.71. The van der Waals surface area contributed by atoms with Gasteiger partial charge in [0.1, 0.15) is 5.69 Å². The average molecular weight is 297 g/mol. The molecular formula is C17H19N3O2. The number of aryl methyl sites for hydroxylation is 1. The van der Waals surface area contributed by atoms with Crippen molar-refractivity contribution in [2.75, 3.05) is 0 Å². The van der Waals surface area contributed by atoms with Gasteiger partial charge in [0.05, 0.1) is 5.41 Å². The number of nitrogens with zero attached hydrogens (tertiary/aromatic N) is 1. The van der Waals surface area contributed by atoms with Crippen molar-refractivity contribution >= 4 is 11.8 Å². The smallest absolute Gasteiger partial charge is 0.286 e. The molecule has 0 saturated heterocycles. The lowest BCUT2D eigenvalue weighted by atomic mass is 9.64. The van der Waals surface area contributed by atoms with Crippen LogP contribution in [0.3, 0.4) is 0 Å². The molecule has 5 nitrogen and oxygen atoms in total. The number of hydrogen-bond acceptors (Lipinski definition) is 2. The highest BCUT2D eigenvalue weighted by molar-refractivity contribution is 5.96. The lowest BCUT2D eigenvalue weighted by Gasteiger charge is -2.40. The quantitative estimate of drug-likeness (QED) is 0.850. The van der Waals surface area contributed by atoms with E-state index in [-0.39, 0.29) is 11.8 Å². The molecule has 5 heteroatoms. The predicted molar refractivity (Wildman–Crippen MR) is 83.0 cm³/mol. The van der Waals surface area contributed by atoms with Crippen LogP contribution in [0.25, 0.3) is 0 Å². The summed E-state index contributed by atoms with van der Waals surface area (Å²) < 4.78 is 1.71. The molecule has 0 bridgehead atoms. The molecule has 3 rings (SSSR count). The molecule has 2 amide bonds. The zero-order chi connectivity index (χ0) is 15.6. The maximum absolute atomic E-state index is 12.6. The SMILES string of the molecule is Cn1cccc1C(=O)NNC(=O)C1(c2ccccc2)CCC1. The first-order chi connectivity index (χ1) is 10.6. The number of carbonyl (C=O) groups excluding carboxylic acids is 2. The molecule has 1 aromatic heterocycles. The van der Waals surface area contributed by atoms with E-state index in [0.717, 1.165) is 24.8 Å². The summed E-state index contributed by atoms with van der Waals surface area (Å²) >= 11 is 0. The summed E-state index contributed by atoms with van der Waals surface area (Å²) in [6, 6.07) is 13.2. The van der Waals surface area contributed by atoms with Gasteiger partial charge in [-0.1, -0.05) is 36.8 Å². The third kappa shape index (κ3) is 2.39. The molecule has 1 aliphatic rings. The van der Waals surface area contributed by atoms with Gasteiger partial charge in [0.15, 0.2) is 0 Å². The van der Waals surface area contributed by atoms with Gasteiger partial charge in [-0.05, 0) is 30.5 Å². The Bertz CT molecular complexity index is 687. The summed E-state index contributed by atoms with van der Waals surface area (Å²) in [6.45, 7) is 0. The van der Waals surface area contributed by atoms with E-state index in [4.69, 9.17) is 0 Å². The first-order valence-electron chi connectivity index (χ1n) is 7.41. The van der Waals surface area contributed by atoms with Crippen molar-refractivity contribution in [3.63, 3.8) is 0 Å². The van der Waals surface area contributed by atoms with Crippen LogP contribution >= 0.6 is 0 Å². The van der Waals surface area contributed by atoms with E-state index >= 15 is 0 Å². The number of benzene rings is 1. The molecule has 2 N–H and O–H groups in total. The monoisotopic (exact) mass is 297 g/mol. The summed E-state index contributed by atoms with van der Waals surface area (Å²) in [7, 11) is 1.79. The molecule has 1 fully saturated rings. The molecule has 22 heavy (non-hydrogen) atoms. The number of aromatic nitrogens is 1. The molecule has 114 valence electrons. The molecule has 0 atom stereocenters. The molecule has 0 radical (unpaired) electrons. The number of carbonyl (C=O) groups is 2. The highest BCUT2D eigenvalue weighted by Crippen LogP contribution is 2.43. The largest absolute Gasteiger partial charge is 0.347 e. The van der Waals surface area contributed by atoms with Crippen molar-refractivity contribution in [1.29, 1.82) is 0 Å². The van der Waals surface area contributed by atoms with Gasteiger partial charge in [0, 0.05) is 13.2 Å². The van der Waals surface area contributed by atoms with Gasteiger partial charge in [-0.25, -0.2) is 0 Å². The minimum absolute atomic E-state index is 0.146. The maximum Gasteiger partial charge on any atom is 0.286 e. The first-order valence-corrected chi connectivity index (χ1v) is 7.41. The van der Waals surface area contributed by atoms with Crippen molar-refractivity contribution in [2.24, 2.45) is 7.05 Å². The van der Waals surface area contributed by atoms with Crippen LogP contribution in [-0.2, 0) is 17.3 Å². The molecule has 0 spiro atoms. The second-order valence-corrected chi connectivity index (χ2v) is 5.71. The molecule has 1 saturated carbocycles. The van der Waals surface area contributed by atoms with Crippen LogP contribution in [-0.4, -0.2) is 16.4 Å². The Kier molecular flexibility index (Phi) is 3.71. The second kappa shape index (κ2) is 5.67. The van der Waals surface area contributed by atoms with E-state index in [2.05, 4.69) is 10.9 Å². The van der Waals surface area contributed by atoms with Crippen molar-refractivity contribution in [3.8, 4) is 0 Å². The number of rotatable bonds is 3. The van der Waals surface area contributed by atoms with E-state index in [9.17, 15) is 9.59 Å². The Morgan fingerprint density at radius 2 is 1.77 bits per heavy atom. The molecule has 0 aliphatic heterocycles. The highest BCUT2D eigenvalue weighted by atomic mass is 16.2. The maximum atomic E-state index is 12.6.